The molecule has 0 radical (unpaired) electrons. The van der Waals surface area contributed by atoms with Gasteiger partial charge in [-0.2, -0.15) is 0 Å². The third-order valence-corrected chi connectivity index (χ3v) is 10.5. The molecule has 2 aliphatic heterocycles. The molecule has 3 fully saturated rings. The standard InChI is InChI=1S/C35H38N2O9/c1-35-24(32(42)37(34(35)44)20-10-6-4-7-11-20)18-23-21(29(35)19-16-25(45-2)30(40)26(17-19)46-3)13-14-22-28(23)33(43)36(31(22)41)15-9-5-8-12-27(38)39/h4,6-7,10-11,13,16-17,22-24,28-29,40H,5,8-9,12,14-15,18H2,1-3H3,(H,38,39). The van der Waals surface area contributed by atoms with Crippen molar-refractivity contribution < 1.29 is 43.7 Å². The maximum absolute atomic E-state index is 14.5. The Morgan fingerprint density at radius 3 is 2.24 bits per heavy atom. The number of unbranched alkanes of at least 4 members (excludes halogenated alkanes) is 2. The molecule has 11 nitrogen and oxygen atoms in total. The summed E-state index contributed by atoms with van der Waals surface area (Å²) in [5.41, 5.74) is 0.625. The number of fused-ring (bicyclic) bond motifs is 4. The SMILES string of the molecule is COc1cc(C2C3=CCC4C(=O)N(CCCCCC(=O)O)C(=O)C4C3CC3C(=O)N(c4ccccc4)C(=O)C32C)cc(OC)c1O. The zero-order valence-electron chi connectivity index (χ0n) is 26.1. The van der Waals surface area contributed by atoms with Crippen molar-refractivity contribution in [2.45, 2.75) is 51.4 Å². The molecule has 6 atom stereocenters. The number of hydrogen-bond acceptors (Lipinski definition) is 8. The van der Waals surface area contributed by atoms with Crippen LogP contribution in [0.3, 0.4) is 0 Å². The van der Waals surface area contributed by atoms with Crippen LogP contribution in [0.5, 0.6) is 17.2 Å². The van der Waals surface area contributed by atoms with Crippen LogP contribution >= 0.6 is 0 Å². The van der Waals surface area contributed by atoms with Crippen molar-refractivity contribution >= 4 is 35.3 Å². The van der Waals surface area contributed by atoms with Crippen LogP contribution < -0.4 is 14.4 Å². The van der Waals surface area contributed by atoms with Gasteiger partial charge in [0.2, 0.25) is 29.4 Å². The van der Waals surface area contributed by atoms with E-state index in [-0.39, 0.29) is 60.3 Å². The second-order valence-electron chi connectivity index (χ2n) is 12.8. The van der Waals surface area contributed by atoms with Crippen LogP contribution in [-0.4, -0.2) is 65.5 Å². The molecule has 1 saturated carbocycles. The molecule has 4 aliphatic rings. The number of carbonyl (C=O) groups excluding carboxylic acids is 4. The molecule has 0 bridgehead atoms. The highest BCUT2D eigenvalue weighted by Gasteiger charge is 2.67. The molecule has 2 saturated heterocycles. The van der Waals surface area contributed by atoms with Crippen LogP contribution in [0.4, 0.5) is 5.69 Å². The first-order valence-corrected chi connectivity index (χ1v) is 15.7. The molecule has 2 N–H and O–H groups in total. The summed E-state index contributed by atoms with van der Waals surface area (Å²) in [4.78, 5) is 69.8. The number of carboxylic acids is 1. The summed E-state index contributed by atoms with van der Waals surface area (Å²) >= 11 is 0. The van der Waals surface area contributed by atoms with Crippen molar-refractivity contribution in [2.24, 2.45) is 29.1 Å². The minimum Gasteiger partial charge on any atom is -0.502 e. The zero-order valence-corrected chi connectivity index (χ0v) is 26.1. The summed E-state index contributed by atoms with van der Waals surface area (Å²) in [7, 11) is 2.83. The quantitative estimate of drug-likeness (QED) is 0.223. The van der Waals surface area contributed by atoms with Crippen LogP contribution in [-0.2, 0) is 24.0 Å². The van der Waals surface area contributed by atoms with Crippen molar-refractivity contribution in [2.75, 3.05) is 25.7 Å². The largest absolute Gasteiger partial charge is 0.502 e. The molecule has 242 valence electrons. The number of rotatable bonds is 10. The number of para-hydroxylation sites is 1. The summed E-state index contributed by atoms with van der Waals surface area (Å²) in [6.45, 7) is 2.01. The average Bonchev–Trinajstić information content (AvgIpc) is 3.40. The number of aliphatic carboxylic acids is 1. The Morgan fingerprint density at radius 1 is 0.935 bits per heavy atom. The molecule has 46 heavy (non-hydrogen) atoms. The van der Waals surface area contributed by atoms with E-state index in [9.17, 15) is 29.1 Å². The summed E-state index contributed by atoms with van der Waals surface area (Å²) in [5.74, 6) is -5.26. The molecule has 0 spiro atoms. The van der Waals surface area contributed by atoms with E-state index in [2.05, 4.69) is 0 Å². The Bertz CT molecular complexity index is 1610. The Labute approximate surface area is 266 Å². The molecule has 6 rings (SSSR count). The fraction of sp³-hybridized carbons (Fsp3) is 0.457. The Morgan fingerprint density at radius 2 is 1.61 bits per heavy atom. The first-order chi connectivity index (χ1) is 22.0. The van der Waals surface area contributed by atoms with E-state index in [1.54, 1.807) is 49.4 Å². The first-order valence-electron chi connectivity index (χ1n) is 15.7. The van der Waals surface area contributed by atoms with Gasteiger partial charge in [-0.25, -0.2) is 4.90 Å². The second kappa shape index (κ2) is 11.9. The second-order valence-corrected chi connectivity index (χ2v) is 12.8. The lowest BCUT2D eigenvalue weighted by Crippen LogP contribution is -2.48. The number of anilines is 1. The van der Waals surface area contributed by atoms with E-state index in [0.717, 1.165) is 5.57 Å². The molecule has 0 aromatic heterocycles. The average molecular weight is 631 g/mol. The molecule has 11 heteroatoms. The van der Waals surface area contributed by atoms with Crippen molar-refractivity contribution in [1.82, 2.24) is 4.90 Å². The van der Waals surface area contributed by atoms with E-state index in [1.807, 2.05) is 6.08 Å². The number of nitrogens with zero attached hydrogens (tertiary/aromatic N) is 2. The van der Waals surface area contributed by atoms with Gasteiger partial charge in [-0.3, -0.25) is 28.9 Å². The van der Waals surface area contributed by atoms with E-state index in [4.69, 9.17) is 14.6 Å². The normalized spacial score (nSPS) is 28.5. The third kappa shape index (κ3) is 4.75. The van der Waals surface area contributed by atoms with Crippen molar-refractivity contribution in [3.63, 3.8) is 0 Å². The van der Waals surface area contributed by atoms with Gasteiger partial charge in [0.15, 0.2) is 11.5 Å². The summed E-state index contributed by atoms with van der Waals surface area (Å²) in [5, 5.41) is 19.7. The summed E-state index contributed by atoms with van der Waals surface area (Å²) < 4.78 is 10.9. The molecule has 4 amide bonds. The predicted octanol–water partition coefficient (Wildman–Crippen LogP) is 4.29. The van der Waals surface area contributed by atoms with Crippen LogP contribution in [0.15, 0.2) is 54.1 Å². The number of likely N-dealkylation sites (tertiary alicyclic amines) is 1. The number of imide groups is 2. The molecule has 6 unspecified atom stereocenters. The summed E-state index contributed by atoms with van der Waals surface area (Å²) in [6.07, 6.45) is 4.08. The maximum atomic E-state index is 14.5. The number of carboxylic acid groups (broad SMARTS) is 1. The number of ether oxygens (including phenoxy) is 2. The maximum Gasteiger partial charge on any atom is 0.303 e. The minimum atomic E-state index is -1.25. The van der Waals surface area contributed by atoms with Gasteiger partial charge in [-0.1, -0.05) is 36.3 Å². The summed E-state index contributed by atoms with van der Waals surface area (Å²) in [6, 6.07) is 12.1. The minimum absolute atomic E-state index is 0.0314. The number of phenolic OH excluding ortho intramolecular Hbond substituents is 1. The predicted molar refractivity (Wildman–Crippen MR) is 165 cm³/mol. The topological polar surface area (TPSA) is 151 Å². The highest BCUT2D eigenvalue weighted by Crippen LogP contribution is 2.64. The number of hydrogen-bond donors (Lipinski definition) is 2. The van der Waals surface area contributed by atoms with Gasteiger partial charge in [-0.15, -0.1) is 0 Å². The van der Waals surface area contributed by atoms with Gasteiger partial charge in [-0.05, 0) is 68.4 Å². The van der Waals surface area contributed by atoms with Crippen LogP contribution in [0.2, 0.25) is 0 Å². The number of allylic oxidation sites excluding steroid dienone is 2. The Hall–Kier alpha value is -4.67. The number of amides is 4. The molecule has 2 aliphatic carbocycles. The number of aromatic hydroxyl groups is 1. The number of methoxy groups -OCH3 is 2. The molecule has 2 heterocycles. The lowest BCUT2D eigenvalue weighted by molar-refractivity contribution is -0.141. The highest BCUT2D eigenvalue weighted by molar-refractivity contribution is 6.24. The zero-order chi connectivity index (χ0) is 32.9. The van der Waals surface area contributed by atoms with Gasteiger partial charge < -0.3 is 19.7 Å². The molecule has 2 aromatic rings. The van der Waals surface area contributed by atoms with E-state index >= 15 is 0 Å². The fourth-order valence-corrected chi connectivity index (χ4v) is 8.31. The van der Waals surface area contributed by atoms with E-state index in [1.165, 1.54) is 24.0 Å². The lowest BCUT2D eigenvalue weighted by atomic mass is 9.51. The van der Waals surface area contributed by atoms with Gasteiger partial charge in [0.05, 0.1) is 43.1 Å². The number of benzene rings is 2. The van der Waals surface area contributed by atoms with Gasteiger partial charge in [0.1, 0.15) is 0 Å². The van der Waals surface area contributed by atoms with Crippen molar-refractivity contribution in [3.8, 4) is 17.2 Å². The monoisotopic (exact) mass is 630 g/mol. The van der Waals surface area contributed by atoms with E-state index < -0.39 is 41.0 Å². The van der Waals surface area contributed by atoms with Crippen molar-refractivity contribution in [1.29, 1.82) is 0 Å². The van der Waals surface area contributed by atoms with Crippen molar-refractivity contribution in [3.05, 3.63) is 59.7 Å². The number of phenols is 1. The van der Waals surface area contributed by atoms with Gasteiger partial charge in [0, 0.05) is 18.9 Å². The highest BCUT2D eigenvalue weighted by atomic mass is 16.5. The number of carbonyl (C=O) groups is 5. The molecule has 2 aromatic carbocycles. The van der Waals surface area contributed by atoms with E-state index in [0.29, 0.717) is 36.9 Å². The Balaban J connectivity index is 1.42. The molecular weight excluding hydrogens is 592 g/mol. The lowest BCUT2D eigenvalue weighted by Gasteiger charge is -2.49. The van der Waals surface area contributed by atoms with Crippen LogP contribution in [0.1, 0.15) is 56.9 Å². The third-order valence-electron chi connectivity index (χ3n) is 10.5. The first kappa shape index (κ1) is 31.3. The van der Waals surface area contributed by atoms with Crippen LogP contribution in [0.25, 0.3) is 0 Å². The van der Waals surface area contributed by atoms with Gasteiger partial charge in [0.25, 0.3) is 0 Å². The van der Waals surface area contributed by atoms with Gasteiger partial charge >= 0.3 is 5.97 Å². The smallest absolute Gasteiger partial charge is 0.303 e. The Kier molecular flexibility index (Phi) is 8.12. The molecular formula is C35H38N2O9. The fourth-order valence-electron chi connectivity index (χ4n) is 8.31. The van der Waals surface area contributed by atoms with Crippen LogP contribution in [0, 0.1) is 29.1 Å².